The van der Waals surface area contributed by atoms with E-state index in [0.717, 1.165) is 0 Å². The lowest BCUT2D eigenvalue weighted by molar-refractivity contribution is 0.0962. The van der Waals surface area contributed by atoms with E-state index in [9.17, 15) is 9.59 Å². The summed E-state index contributed by atoms with van der Waals surface area (Å²) in [5.74, 6) is -0.600. The molecule has 2 rings (SSSR count). The zero-order valence-corrected chi connectivity index (χ0v) is 9.33. The van der Waals surface area contributed by atoms with Crippen molar-refractivity contribution < 1.29 is 9.59 Å². The van der Waals surface area contributed by atoms with Gasteiger partial charge in [0.1, 0.15) is 5.69 Å². The van der Waals surface area contributed by atoms with E-state index in [2.05, 4.69) is 20.6 Å². The number of aromatic nitrogens is 2. The fraction of sp³-hybridized carbons (Fsp3) is 0. The van der Waals surface area contributed by atoms with Gasteiger partial charge in [0.25, 0.3) is 5.91 Å². The first-order chi connectivity index (χ1) is 8.75. The van der Waals surface area contributed by atoms with Crippen LogP contribution in [0.2, 0.25) is 0 Å². The van der Waals surface area contributed by atoms with Gasteiger partial charge in [0.05, 0.1) is 6.20 Å². The Morgan fingerprint density at radius 2 is 1.83 bits per heavy atom. The number of amides is 3. The Hall–Kier alpha value is -2.76. The summed E-state index contributed by atoms with van der Waals surface area (Å²) in [4.78, 5) is 30.6. The molecule has 18 heavy (non-hydrogen) atoms. The number of nitrogens with zero attached hydrogens (tertiary/aromatic N) is 2. The van der Waals surface area contributed by atoms with E-state index in [1.54, 1.807) is 24.3 Å². The molecule has 2 N–H and O–H groups in total. The lowest BCUT2D eigenvalue weighted by Crippen LogP contribution is -2.34. The van der Waals surface area contributed by atoms with Gasteiger partial charge < -0.3 is 5.32 Å². The minimum absolute atomic E-state index is 0.0840. The summed E-state index contributed by atoms with van der Waals surface area (Å²) in [6.45, 7) is 0. The van der Waals surface area contributed by atoms with Crippen molar-refractivity contribution in [1.29, 1.82) is 0 Å². The zero-order valence-electron chi connectivity index (χ0n) is 9.33. The largest absolute Gasteiger partial charge is 0.326 e. The SMILES string of the molecule is O=C(NC(=O)c1cnccn1)Nc1ccccc1. The smallest absolute Gasteiger partial charge is 0.308 e. The molecule has 1 aromatic carbocycles. The first-order valence-corrected chi connectivity index (χ1v) is 5.19. The van der Waals surface area contributed by atoms with Gasteiger partial charge in [-0.25, -0.2) is 9.78 Å². The lowest BCUT2D eigenvalue weighted by Gasteiger charge is -2.05. The molecule has 0 saturated carbocycles. The van der Waals surface area contributed by atoms with Crippen LogP contribution in [0, 0.1) is 0 Å². The van der Waals surface area contributed by atoms with E-state index in [-0.39, 0.29) is 5.69 Å². The Kier molecular flexibility index (Phi) is 3.60. The maximum Gasteiger partial charge on any atom is 0.326 e. The van der Waals surface area contributed by atoms with Crippen LogP contribution >= 0.6 is 0 Å². The summed E-state index contributed by atoms with van der Waals surface area (Å²) < 4.78 is 0. The fourth-order valence-electron chi connectivity index (χ4n) is 1.27. The van der Waals surface area contributed by atoms with Crippen LogP contribution in [0.15, 0.2) is 48.9 Å². The molecular formula is C12H10N4O2. The minimum Gasteiger partial charge on any atom is -0.308 e. The summed E-state index contributed by atoms with van der Waals surface area (Å²) in [6.07, 6.45) is 4.11. The second kappa shape index (κ2) is 5.53. The van der Waals surface area contributed by atoms with Crippen molar-refractivity contribution in [2.45, 2.75) is 0 Å². The molecule has 1 heterocycles. The Balaban J connectivity index is 1.94. The molecule has 90 valence electrons. The third-order valence-corrected chi connectivity index (χ3v) is 2.05. The minimum atomic E-state index is -0.614. The van der Waals surface area contributed by atoms with E-state index >= 15 is 0 Å². The predicted molar refractivity (Wildman–Crippen MR) is 65.0 cm³/mol. The van der Waals surface area contributed by atoms with Crippen LogP contribution in [0.5, 0.6) is 0 Å². The van der Waals surface area contributed by atoms with Crippen LogP contribution in [0.1, 0.15) is 10.5 Å². The van der Waals surface area contributed by atoms with Crippen LogP contribution in [0.4, 0.5) is 10.5 Å². The Labute approximate surface area is 103 Å². The molecular weight excluding hydrogens is 232 g/mol. The normalized spacial score (nSPS) is 9.56. The number of urea groups is 1. The van der Waals surface area contributed by atoms with E-state index < -0.39 is 11.9 Å². The van der Waals surface area contributed by atoms with Gasteiger partial charge in [-0.05, 0) is 12.1 Å². The topological polar surface area (TPSA) is 84.0 Å². The fourth-order valence-corrected chi connectivity index (χ4v) is 1.27. The van der Waals surface area contributed by atoms with Crippen molar-refractivity contribution in [2.75, 3.05) is 5.32 Å². The molecule has 2 aromatic rings. The highest BCUT2D eigenvalue weighted by atomic mass is 16.2. The summed E-state index contributed by atoms with van der Waals surface area (Å²) in [6, 6.07) is 8.20. The van der Waals surface area contributed by atoms with Gasteiger partial charge in [0.15, 0.2) is 0 Å². The molecule has 0 saturated heterocycles. The number of nitrogens with one attached hydrogen (secondary N) is 2. The second-order valence-corrected chi connectivity index (χ2v) is 3.36. The van der Waals surface area contributed by atoms with Gasteiger partial charge in [-0.3, -0.25) is 15.1 Å². The van der Waals surface area contributed by atoms with Crippen molar-refractivity contribution in [1.82, 2.24) is 15.3 Å². The van der Waals surface area contributed by atoms with E-state index in [4.69, 9.17) is 0 Å². The molecule has 0 aliphatic carbocycles. The van der Waals surface area contributed by atoms with E-state index in [1.165, 1.54) is 18.6 Å². The van der Waals surface area contributed by atoms with Crippen LogP contribution in [0.3, 0.4) is 0 Å². The number of carbonyl (C=O) groups is 2. The first-order valence-electron chi connectivity index (χ1n) is 5.19. The van der Waals surface area contributed by atoms with Crippen molar-refractivity contribution in [3.8, 4) is 0 Å². The summed E-state index contributed by atoms with van der Waals surface area (Å²) >= 11 is 0. The third-order valence-electron chi connectivity index (χ3n) is 2.05. The zero-order chi connectivity index (χ0) is 12.8. The van der Waals surface area contributed by atoms with Crippen molar-refractivity contribution >= 4 is 17.6 Å². The summed E-state index contributed by atoms with van der Waals surface area (Å²) in [5, 5.41) is 4.68. The van der Waals surface area contributed by atoms with Crippen molar-refractivity contribution in [3.05, 3.63) is 54.6 Å². The number of rotatable bonds is 2. The number of imide groups is 1. The van der Waals surface area contributed by atoms with Crippen molar-refractivity contribution in [3.63, 3.8) is 0 Å². The molecule has 0 aliphatic heterocycles. The molecule has 0 spiro atoms. The van der Waals surface area contributed by atoms with E-state index in [0.29, 0.717) is 5.69 Å². The highest BCUT2D eigenvalue weighted by Crippen LogP contribution is 2.04. The number of carbonyl (C=O) groups excluding carboxylic acids is 2. The highest BCUT2D eigenvalue weighted by Gasteiger charge is 2.11. The quantitative estimate of drug-likeness (QED) is 0.834. The lowest BCUT2D eigenvalue weighted by atomic mass is 10.3. The number of benzene rings is 1. The molecule has 6 heteroatoms. The number of hydrogen-bond acceptors (Lipinski definition) is 4. The summed E-state index contributed by atoms with van der Waals surface area (Å²) in [5.41, 5.74) is 0.683. The molecule has 6 nitrogen and oxygen atoms in total. The van der Waals surface area contributed by atoms with Gasteiger partial charge in [-0.1, -0.05) is 18.2 Å². The van der Waals surface area contributed by atoms with E-state index in [1.807, 2.05) is 6.07 Å². The third kappa shape index (κ3) is 3.11. The number of anilines is 1. The van der Waals surface area contributed by atoms with Gasteiger partial charge in [0, 0.05) is 18.1 Å². The highest BCUT2D eigenvalue weighted by molar-refractivity contribution is 6.06. The number of para-hydroxylation sites is 1. The second-order valence-electron chi connectivity index (χ2n) is 3.36. The standard InChI is InChI=1S/C12H10N4O2/c17-11(10-8-13-6-7-14-10)16-12(18)15-9-4-2-1-3-5-9/h1-8H,(H2,15,16,17,18). The summed E-state index contributed by atoms with van der Waals surface area (Å²) in [7, 11) is 0. The average molecular weight is 242 g/mol. The van der Waals surface area contributed by atoms with Crippen molar-refractivity contribution in [2.24, 2.45) is 0 Å². The maximum atomic E-state index is 11.6. The number of hydrogen-bond donors (Lipinski definition) is 2. The molecule has 3 amide bonds. The predicted octanol–water partition coefficient (Wildman–Crippen LogP) is 1.44. The molecule has 0 atom stereocenters. The van der Waals surface area contributed by atoms with Crippen LogP contribution < -0.4 is 10.6 Å². The Morgan fingerprint density at radius 3 is 2.50 bits per heavy atom. The molecule has 0 fully saturated rings. The Bertz CT molecular complexity index is 543. The maximum absolute atomic E-state index is 11.6. The van der Waals surface area contributed by atoms with Gasteiger partial charge >= 0.3 is 6.03 Å². The molecule has 0 bridgehead atoms. The average Bonchev–Trinajstić information content (AvgIpc) is 2.40. The molecule has 0 unspecified atom stereocenters. The van der Waals surface area contributed by atoms with Crippen LogP contribution in [-0.4, -0.2) is 21.9 Å². The molecule has 0 aliphatic rings. The first kappa shape index (κ1) is 11.7. The van der Waals surface area contributed by atoms with Gasteiger partial charge in [-0.15, -0.1) is 0 Å². The molecule has 0 radical (unpaired) electrons. The van der Waals surface area contributed by atoms with Gasteiger partial charge in [0.2, 0.25) is 0 Å². The van der Waals surface area contributed by atoms with Crippen LogP contribution in [0.25, 0.3) is 0 Å². The molecule has 1 aromatic heterocycles. The van der Waals surface area contributed by atoms with Crippen LogP contribution in [-0.2, 0) is 0 Å². The van der Waals surface area contributed by atoms with Gasteiger partial charge in [-0.2, -0.15) is 0 Å². The monoisotopic (exact) mass is 242 g/mol. The Morgan fingerprint density at radius 1 is 1.06 bits per heavy atom.